The van der Waals surface area contributed by atoms with Gasteiger partial charge < -0.3 is 4.74 Å². The number of allylic oxidation sites excluding steroid dienone is 2. The zero-order valence-corrected chi connectivity index (χ0v) is 7.84. The van der Waals surface area contributed by atoms with Gasteiger partial charge in [0.1, 0.15) is 5.70 Å². The topological polar surface area (TPSA) is 18.5 Å². The Hall–Kier alpha value is -0.540. The van der Waals surface area contributed by atoms with Gasteiger partial charge in [0.2, 0.25) is 0 Å². The van der Waals surface area contributed by atoms with Gasteiger partial charge in [-0.15, -0.1) is 0 Å². The molecule has 3 heteroatoms. The first-order chi connectivity index (χ1) is 5.00. The molecule has 0 fully saturated rings. The van der Waals surface area contributed by atoms with Gasteiger partial charge in [0, 0.05) is 14.0 Å². The van der Waals surface area contributed by atoms with Crippen molar-refractivity contribution < 1.29 is 14.0 Å². The van der Waals surface area contributed by atoms with Crippen molar-refractivity contribution in [1.82, 2.24) is 0 Å². The van der Waals surface area contributed by atoms with Crippen LogP contribution in [0, 0.1) is 0 Å². The predicted octanol–water partition coefficient (Wildman–Crippen LogP) is 1.27. The number of ether oxygens (including phenoxy) is 2. The van der Waals surface area contributed by atoms with Crippen LogP contribution >= 0.6 is 0 Å². The lowest BCUT2D eigenvalue weighted by Crippen LogP contribution is -2.45. The third kappa shape index (κ3) is 1.14. The van der Waals surface area contributed by atoms with Crippen molar-refractivity contribution in [1.29, 1.82) is 0 Å². The molecular formula is C8H16NO2+. The fourth-order valence-electron chi connectivity index (χ4n) is 1.24. The summed E-state index contributed by atoms with van der Waals surface area (Å²) in [5.74, 6) is 0.974. The quantitative estimate of drug-likeness (QED) is 0.535. The minimum absolute atomic E-state index is 0.171. The highest BCUT2D eigenvalue weighted by atomic mass is 16.7. The number of nitrogens with zero attached hydrogens (tertiary/aromatic N) is 1. The van der Waals surface area contributed by atoms with Gasteiger partial charge in [0.25, 0.3) is 0 Å². The van der Waals surface area contributed by atoms with Crippen molar-refractivity contribution >= 4 is 0 Å². The molecule has 1 unspecified atom stereocenters. The van der Waals surface area contributed by atoms with E-state index in [4.69, 9.17) is 9.47 Å². The Morgan fingerprint density at radius 1 is 1.36 bits per heavy atom. The second-order valence-electron chi connectivity index (χ2n) is 3.34. The van der Waals surface area contributed by atoms with Crippen molar-refractivity contribution in [3.8, 4) is 0 Å². The van der Waals surface area contributed by atoms with Gasteiger partial charge in [-0.1, -0.05) is 0 Å². The van der Waals surface area contributed by atoms with Crippen LogP contribution in [0.2, 0.25) is 0 Å². The molecule has 0 aromatic heterocycles. The molecule has 11 heavy (non-hydrogen) atoms. The maximum absolute atomic E-state index is 5.47. The normalized spacial score (nSPS) is 29.0. The van der Waals surface area contributed by atoms with Crippen LogP contribution in [0.15, 0.2) is 11.5 Å². The summed E-state index contributed by atoms with van der Waals surface area (Å²) < 4.78 is 11.3. The smallest absolute Gasteiger partial charge is 0.355 e. The highest BCUT2D eigenvalue weighted by Crippen LogP contribution is 2.29. The molecule has 0 saturated heterocycles. The maximum Gasteiger partial charge on any atom is 0.355 e. The molecular weight excluding hydrogens is 142 g/mol. The molecule has 1 aliphatic heterocycles. The van der Waals surface area contributed by atoms with Crippen LogP contribution in [0.3, 0.4) is 0 Å². The molecule has 1 heterocycles. The molecule has 64 valence electrons. The van der Waals surface area contributed by atoms with Crippen LogP contribution in [-0.4, -0.2) is 32.1 Å². The fourth-order valence-corrected chi connectivity index (χ4v) is 1.24. The number of hydrogen-bond acceptors (Lipinski definition) is 2. The summed E-state index contributed by atoms with van der Waals surface area (Å²) >= 11 is 0. The summed E-state index contributed by atoms with van der Waals surface area (Å²) in [5.41, 5.74) is 1.22. The van der Waals surface area contributed by atoms with E-state index in [9.17, 15) is 0 Å². The lowest BCUT2D eigenvalue weighted by atomic mass is 10.4. The minimum atomic E-state index is -0.171. The Kier molecular flexibility index (Phi) is 1.94. The summed E-state index contributed by atoms with van der Waals surface area (Å²) in [6.45, 7) is 4.03. The van der Waals surface area contributed by atoms with E-state index in [1.54, 1.807) is 7.11 Å². The van der Waals surface area contributed by atoms with Crippen molar-refractivity contribution in [2.45, 2.75) is 20.3 Å². The number of methoxy groups -OCH3 is 1. The molecule has 0 radical (unpaired) electrons. The Bertz CT molecular complexity index is 196. The van der Waals surface area contributed by atoms with Crippen LogP contribution in [0.25, 0.3) is 0 Å². The molecule has 0 N–H and O–H groups in total. The van der Waals surface area contributed by atoms with E-state index in [0.29, 0.717) is 4.48 Å². The minimum Gasteiger partial charge on any atom is -0.418 e. The zero-order chi connectivity index (χ0) is 8.65. The number of hydrogen-bond donors (Lipinski definition) is 0. The Morgan fingerprint density at radius 2 is 1.91 bits per heavy atom. The first kappa shape index (κ1) is 8.56. The summed E-state index contributed by atoms with van der Waals surface area (Å²) in [7, 11) is 5.80. The molecule has 0 aromatic carbocycles. The molecule has 0 bridgehead atoms. The maximum atomic E-state index is 5.47. The predicted molar refractivity (Wildman–Crippen MR) is 42.4 cm³/mol. The Labute approximate surface area is 67.8 Å². The van der Waals surface area contributed by atoms with Gasteiger partial charge in [0.05, 0.1) is 14.1 Å². The van der Waals surface area contributed by atoms with E-state index in [2.05, 4.69) is 21.0 Å². The van der Waals surface area contributed by atoms with Crippen LogP contribution in [0.4, 0.5) is 0 Å². The fraction of sp³-hybridized carbons (Fsp3) is 0.750. The highest BCUT2D eigenvalue weighted by molar-refractivity contribution is 4.98. The van der Waals surface area contributed by atoms with E-state index < -0.39 is 0 Å². The Balaban J connectivity index is 2.88. The third-order valence-corrected chi connectivity index (χ3v) is 2.38. The van der Waals surface area contributed by atoms with E-state index in [-0.39, 0.29) is 6.41 Å². The van der Waals surface area contributed by atoms with E-state index >= 15 is 0 Å². The zero-order valence-electron chi connectivity index (χ0n) is 7.84. The second-order valence-corrected chi connectivity index (χ2v) is 3.34. The number of quaternary nitrogens is 1. The molecule has 0 saturated carbocycles. The average molecular weight is 158 g/mol. The van der Waals surface area contributed by atoms with E-state index in [0.717, 1.165) is 5.76 Å². The molecule has 0 aliphatic carbocycles. The third-order valence-electron chi connectivity index (χ3n) is 2.38. The Morgan fingerprint density at radius 3 is 2.09 bits per heavy atom. The monoisotopic (exact) mass is 158 g/mol. The van der Waals surface area contributed by atoms with Crippen molar-refractivity contribution in [2.24, 2.45) is 0 Å². The largest absolute Gasteiger partial charge is 0.418 e. The summed E-state index contributed by atoms with van der Waals surface area (Å²) in [5, 5.41) is 0. The summed E-state index contributed by atoms with van der Waals surface area (Å²) in [6.07, 6.45) is -0.171. The first-order valence-corrected chi connectivity index (χ1v) is 3.71. The molecule has 3 nitrogen and oxygen atoms in total. The van der Waals surface area contributed by atoms with Gasteiger partial charge >= 0.3 is 6.41 Å². The second kappa shape index (κ2) is 2.50. The lowest BCUT2D eigenvalue weighted by Gasteiger charge is -2.28. The molecule has 1 rings (SSSR count). The average Bonchev–Trinajstić information content (AvgIpc) is 2.13. The van der Waals surface area contributed by atoms with Gasteiger partial charge in [-0.3, -0.25) is 4.74 Å². The van der Waals surface area contributed by atoms with Crippen molar-refractivity contribution in [3.63, 3.8) is 0 Å². The lowest BCUT2D eigenvalue weighted by molar-refractivity contribution is -0.915. The molecule has 0 aromatic rings. The molecule has 0 spiro atoms. The van der Waals surface area contributed by atoms with Gasteiger partial charge in [-0.2, -0.15) is 0 Å². The van der Waals surface area contributed by atoms with Crippen molar-refractivity contribution in [3.05, 3.63) is 11.5 Å². The highest BCUT2D eigenvalue weighted by Gasteiger charge is 2.40. The van der Waals surface area contributed by atoms with Crippen molar-refractivity contribution in [2.75, 3.05) is 21.2 Å². The van der Waals surface area contributed by atoms with Crippen LogP contribution in [0.1, 0.15) is 13.8 Å². The standard InChI is InChI=1S/C8H16NO2/c1-6-7(2)11-8(10-5)9(6,3)4/h8H,1-5H3/q+1. The first-order valence-electron chi connectivity index (χ1n) is 3.71. The van der Waals surface area contributed by atoms with Gasteiger partial charge in [-0.05, 0) is 6.92 Å². The molecule has 1 aliphatic rings. The molecule has 0 amide bonds. The van der Waals surface area contributed by atoms with Crippen LogP contribution in [0.5, 0.6) is 0 Å². The van der Waals surface area contributed by atoms with E-state index in [1.165, 1.54) is 5.70 Å². The van der Waals surface area contributed by atoms with E-state index in [1.807, 2.05) is 6.92 Å². The summed E-state index contributed by atoms with van der Waals surface area (Å²) in [4.78, 5) is 0. The van der Waals surface area contributed by atoms with Gasteiger partial charge in [-0.25, -0.2) is 4.48 Å². The molecule has 1 atom stereocenters. The number of rotatable bonds is 1. The van der Waals surface area contributed by atoms with Crippen LogP contribution in [-0.2, 0) is 9.47 Å². The van der Waals surface area contributed by atoms with Crippen LogP contribution < -0.4 is 0 Å². The SMILES string of the molecule is COC1OC(C)=C(C)[N+]1(C)C. The van der Waals surface area contributed by atoms with Gasteiger partial charge in [0.15, 0.2) is 5.76 Å². The summed E-state index contributed by atoms with van der Waals surface area (Å²) in [6, 6.07) is 0.